The fraction of sp³-hybridized carbons (Fsp3) is 0.667. The molecule has 6 nitrogen and oxygen atoms in total. The molecule has 3 saturated heterocycles. The van der Waals surface area contributed by atoms with Crippen molar-refractivity contribution >= 4 is 34.9 Å². The number of Topliss-reactive ketones (excluding diaryl/α,β-unsaturated/α-hetero) is 1. The van der Waals surface area contributed by atoms with Crippen molar-refractivity contribution in [1.29, 1.82) is 0 Å². The smallest absolute Gasteiger partial charge is 0.227 e. The third-order valence-electron chi connectivity index (χ3n) is 7.00. The topological polar surface area (TPSA) is 53.1 Å². The average molecular weight is 482 g/mol. The number of carbonyl (C=O) groups is 2. The van der Waals surface area contributed by atoms with Gasteiger partial charge in [-0.2, -0.15) is 0 Å². The molecule has 32 heavy (non-hydrogen) atoms. The van der Waals surface area contributed by atoms with E-state index in [1.165, 1.54) is 12.8 Å². The van der Waals surface area contributed by atoms with Gasteiger partial charge in [-0.1, -0.05) is 36.2 Å². The average Bonchev–Trinajstić information content (AvgIpc) is 3.31. The molecule has 0 spiro atoms. The molecule has 1 amide bonds. The van der Waals surface area contributed by atoms with Crippen molar-refractivity contribution in [2.75, 3.05) is 45.9 Å². The van der Waals surface area contributed by atoms with Crippen LogP contribution in [0.25, 0.3) is 0 Å². The molecule has 0 saturated carbocycles. The highest BCUT2D eigenvalue weighted by molar-refractivity contribution is 6.42. The third-order valence-corrected chi connectivity index (χ3v) is 7.74. The second kappa shape index (κ2) is 10.8. The summed E-state index contributed by atoms with van der Waals surface area (Å²) >= 11 is 12.2. The predicted molar refractivity (Wildman–Crippen MR) is 126 cm³/mol. The molecule has 176 valence electrons. The summed E-state index contributed by atoms with van der Waals surface area (Å²) in [6, 6.07) is 5.63. The zero-order chi connectivity index (χ0) is 22.7. The van der Waals surface area contributed by atoms with Gasteiger partial charge < -0.3 is 9.64 Å². The lowest BCUT2D eigenvalue weighted by molar-refractivity contribution is -0.153. The van der Waals surface area contributed by atoms with E-state index in [0.29, 0.717) is 55.7 Å². The summed E-state index contributed by atoms with van der Waals surface area (Å²) in [6.07, 6.45) is 4.13. The summed E-state index contributed by atoms with van der Waals surface area (Å²) in [5.41, 5.74) is 0.867. The van der Waals surface area contributed by atoms with Crippen molar-refractivity contribution in [2.24, 2.45) is 0 Å². The molecule has 3 aliphatic rings. The Kier molecular flexibility index (Phi) is 8.11. The molecule has 0 aromatic heterocycles. The quantitative estimate of drug-likeness (QED) is 0.597. The Morgan fingerprint density at radius 1 is 1.03 bits per heavy atom. The SMILES string of the molecule is CCCC(=O)CN1CCN(C(=O)Cc2ccc(Cl)c(Cl)c2)[C@H]2[C@H]1COC[C@@H]2N1CCCC1. The van der Waals surface area contributed by atoms with Gasteiger partial charge in [-0.15, -0.1) is 0 Å². The Hall–Kier alpha value is -1.18. The molecule has 0 bridgehead atoms. The molecular formula is C24H33Cl2N3O3. The molecule has 3 heterocycles. The first-order valence-electron chi connectivity index (χ1n) is 11.8. The van der Waals surface area contributed by atoms with Crippen LogP contribution in [0.15, 0.2) is 18.2 Å². The molecule has 0 unspecified atom stereocenters. The molecule has 0 radical (unpaired) electrons. The lowest BCUT2D eigenvalue weighted by atomic mass is 9.90. The predicted octanol–water partition coefficient (Wildman–Crippen LogP) is 3.28. The van der Waals surface area contributed by atoms with E-state index in [9.17, 15) is 9.59 Å². The molecule has 0 N–H and O–H groups in total. The number of rotatable bonds is 7. The summed E-state index contributed by atoms with van der Waals surface area (Å²) in [5.74, 6) is 0.370. The summed E-state index contributed by atoms with van der Waals surface area (Å²) in [5, 5.41) is 0.960. The van der Waals surface area contributed by atoms with Crippen molar-refractivity contribution in [3.05, 3.63) is 33.8 Å². The molecular weight excluding hydrogens is 449 g/mol. The number of benzene rings is 1. The van der Waals surface area contributed by atoms with Crippen LogP contribution in [0, 0.1) is 0 Å². The van der Waals surface area contributed by atoms with E-state index in [1.54, 1.807) is 12.1 Å². The van der Waals surface area contributed by atoms with Crippen molar-refractivity contribution in [2.45, 2.75) is 57.2 Å². The number of amides is 1. The van der Waals surface area contributed by atoms with Crippen LogP contribution in [-0.4, -0.2) is 90.5 Å². The van der Waals surface area contributed by atoms with Gasteiger partial charge in [0.1, 0.15) is 5.78 Å². The van der Waals surface area contributed by atoms with E-state index < -0.39 is 0 Å². The molecule has 0 aliphatic carbocycles. The van der Waals surface area contributed by atoms with Gasteiger partial charge in [0.2, 0.25) is 5.91 Å². The fourth-order valence-corrected chi connectivity index (χ4v) is 5.76. The molecule has 3 aliphatic heterocycles. The molecule has 1 aromatic rings. The largest absolute Gasteiger partial charge is 0.378 e. The maximum absolute atomic E-state index is 13.5. The highest BCUT2D eigenvalue weighted by Crippen LogP contribution is 2.30. The fourth-order valence-electron chi connectivity index (χ4n) is 5.44. The van der Waals surface area contributed by atoms with Gasteiger partial charge >= 0.3 is 0 Å². The first kappa shape index (κ1) is 24.0. The molecule has 3 atom stereocenters. The van der Waals surface area contributed by atoms with E-state index in [2.05, 4.69) is 14.7 Å². The van der Waals surface area contributed by atoms with Crippen LogP contribution in [0.1, 0.15) is 38.2 Å². The number of nitrogens with zero attached hydrogens (tertiary/aromatic N) is 3. The first-order chi connectivity index (χ1) is 15.5. The van der Waals surface area contributed by atoms with E-state index in [-0.39, 0.29) is 29.8 Å². The van der Waals surface area contributed by atoms with Gasteiger partial charge in [0.25, 0.3) is 0 Å². The number of hydrogen-bond acceptors (Lipinski definition) is 5. The van der Waals surface area contributed by atoms with Crippen LogP contribution in [-0.2, 0) is 20.7 Å². The second-order valence-corrected chi connectivity index (χ2v) is 9.99. The number of halogens is 2. The van der Waals surface area contributed by atoms with Crippen molar-refractivity contribution < 1.29 is 14.3 Å². The van der Waals surface area contributed by atoms with Gasteiger partial charge in [-0.3, -0.25) is 19.4 Å². The Morgan fingerprint density at radius 3 is 2.50 bits per heavy atom. The van der Waals surface area contributed by atoms with Crippen LogP contribution in [0.5, 0.6) is 0 Å². The number of likely N-dealkylation sites (tertiary alicyclic amines) is 1. The Morgan fingerprint density at radius 2 is 1.78 bits per heavy atom. The van der Waals surface area contributed by atoms with Crippen LogP contribution < -0.4 is 0 Å². The molecule has 3 fully saturated rings. The maximum atomic E-state index is 13.5. The molecule has 4 rings (SSSR count). The zero-order valence-corrected chi connectivity index (χ0v) is 20.3. The highest BCUT2D eigenvalue weighted by Gasteiger charge is 2.48. The van der Waals surface area contributed by atoms with Gasteiger partial charge in [0, 0.05) is 19.5 Å². The highest BCUT2D eigenvalue weighted by atomic mass is 35.5. The van der Waals surface area contributed by atoms with Crippen LogP contribution in [0.4, 0.5) is 0 Å². The standard InChI is InChI=1S/C24H33Cl2N3O3/c1-2-5-18(30)14-28-10-11-29(23(31)13-17-6-7-19(25)20(26)12-17)24-21(15-32-16-22(24)28)27-8-3-4-9-27/h6-7,12,21-22,24H,2-5,8-11,13-16H2,1H3/t21-,22+,24+/m0/s1. The number of piperazine rings is 1. The number of ketones is 1. The van der Waals surface area contributed by atoms with Gasteiger partial charge in [-0.05, 0) is 50.0 Å². The number of ether oxygens (including phenoxy) is 1. The van der Waals surface area contributed by atoms with Crippen molar-refractivity contribution in [1.82, 2.24) is 14.7 Å². The molecule has 8 heteroatoms. The van der Waals surface area contributed by atoms with Crippen LogP contribution >= 0.6 is 23.2 Å². The Balaban J connectivity index is 1.55. The second-order valence-electron chi connectivity index (χ2n) is 9.18. The van der Waals surface area contributed by atoms with Crippen molar-refractivity contribution in [3.8, 4) is 0 Å². The summed E-state index contributed by atoms with van der Waals surface area (Å²) in [4.78, 5) is 32.8. The zero-order valence-electron chi connectivity index (χ0n) is 18.8. The summed E-state index contributed by atoms with van der Waals surface area (Å²) in [6.45, 7) is 7.08. The van der Waals surface area contributed by atoms with Crippen LogP contribution in [0.3, 0.4) is 0 Å². The minimum Gasteiger partial charge on any atom is -0.378 e. The van der Waals surface area contributed by atoms with E-state index >= 15 is 0 Å². The number of hydrogen-bond donors (Lipinski definition) is 0. The maximum Gasteiger partial charge on any atom is 0.227 e. The lowest BCUT2D eigenvalue weighted by Crippen LogP contribution is -2.71. The number of carbonyl (C=O) groups excluding carboxylic acids is 2. The first-order valence-corrected chi connectivity index (χ1v) is 12.5. The minimum atomic E-state index is 0.0281. The van der Waals surface area contributed by atoms with E-state index in [1.807, 2.05) is 13.0 Å². The van der Waals surface area contributed by atoms with Crippen LogP contribution in [0.2, 0.25) is 10.0 Å². The van der Waals surface area contributed by atoms with E-state index in [0.717, 1.165) is 25.1 Å². The van der Waals surface area contributed by atoms with Gasteiger partial charge in [0.05, 0.1) is 54.4 Å². The van der Waals surface area contributed by atoms with Gasteiger partial charge in [-0.25, -0.2) is 0 Å². The minimum absolute atomic E-state index is 0.0281. The van der Waals surface area contributed by atoms with E-state index in [4.69, 9.17) is 27.9 Å². The Bertz CT molecular complexity index is 831. The lowest BCUT2D eigenvalue weighted by Gasteiger charge is -2.54. The van der Waals surface area contributed by atoms with Crippen molar-refractivity contribution in [3.63, 3.8) is 0 Å². The monoisotopic (exact) mass is 481 g/mol. The summed E-state index contributed by atoms with van der Waals surface area (Å²) < 4.78 is 6.05. The third kappa shape index (κ3) is 5.31. The summed E-state index contributed by atoms with van der Waals surface area (Å²) in [7, 11) is 0. The number of fused-ring (bicyclic) bond motifs is 1. The Labute approximate surface area is 200 Å². The normalized spacial score (nSPS) is 26.8. The molecule has 1 aromatic carbocycles. The van der Waals surface area contributed by atoms with Gasteiger partial charge in [0.15, 0.2) is 0 Å².